The molecule has 1 amide bonds. The Labute approximate surface area is 129 Å². The minimum absolute atomic E-state index is 0.189. The largest absolute Gasteiger partial charge is 0.465 e. The molecule has 0 radical (unpaired) electrons. The van der Waals surface area contributed by atoms with E-state index in [1.54, 1.807) is 18.2 Å². The summed E-state index contributed by atoms with van der Waals surface area (Å²) >= 11 is 0. The Kier molecular flexibility index (Phi) is 4.46. The molecule has 1 heterocycles. The highest BCUT2D eigenvalue weighted by Crippen LogP contribution is 2.32. The third-order valence-electron chi connectivity index (χ3n) is 3.49. The number of hydrogen-bond acceptors (Lipinski definition) is 5. The summed E-state index contributed by atoms with van der Waals surface area (Å²) in [6.45, 7) is 3.44. The van der Waals surface area contributed by atoms with Gasteiger partial charge in [0.2, 0.25) is 6.79 Å². The number of nitrogens with one attached hydrogen (secondary N) is 1. The standard InChI is InChI=1S/C16H20N2O4/c1-2-7-20-16(17-9-11-3-4-11)18-15(19)12-5-6-13-14(8-12)22-10-21-13/h5-6,8,11H,2-4,7,9-10H2,1H3,(H,17,18,19). The maximum absolute atomic E-state index is 12.3. The number of rotatable bonds is 5. The third-order valence-corrected chi connectivity index (χ3v) is 3.49. The SMILES string of the molecule is CCCOC(=NCC1CC1)NC(=O)c1ccc2c(c1)OCO2. The molecule has 1 fully saturated rings. The fourth-order valence-electron chi connectivity index (χ4n) is 2.04. The Hall–Kier alpha value is -2.24. The van der Waals surface area contributed by atoms with Crippen LogP contribution < -0.4 is 14.8 Å². The van der Waals surface area contributed by atoms with Crippen molar-refractivity contribution in [2.45, 2.75) is 26.2 Å². The van der Waals surface area contributed by atoms with Gasteiger partial charge in [-0.3, -0.25) is 10.1 Å². The molecule has 0 atom stereocenters. The van der Waals surface area contributed by atoms with Crippen LogP contribution in [0.3, 0.4) is 0 Å². The summed E-state index contributed by atoms with van der Waals surface area (Å²) in [6, 6.07) is 5.39. The van der Waals surface area contributed by atoms with E-state index >= 15 is 0 Å². The van der Waals surface area contributed by atoms with Gasteiger partial charge in [0.15, 0.2) is 11.5 Å². The lowest BCUT2D eigenvalue weighted by atomic mass is 10.2. The number of benzene rings is 1. The van der Waals surface area contributed by atoms with Gasteiger partial charge in [-0.15, -0.1) is 0 Å². The first-order valence-corrected chi connectivity index (χ1v) is 7.64. The van der Waals surface area contributed by atoms with Crippen molar-refractivity contribution in [3.05, 3.63) is 23.8 Å². The highest BCUT2D eigenvalue weighted by atomic mass is 16.7. The molecule has 1 aliphatic carbocycles. The zero-order valence-corrected chi connectivity index (χ0v) is 12.6. The van der Waals surface area contributed by atoms with Gasteiger partial charge < -0.3 is 14.2 Å². The van der Waals surface area contributed by atoms with Crippen molar-refractivity contribution in [2.75, 3.05) is 19.9 Å². The van der Waals surface area contributed by atoms with Gasteiger partial charge in [-0.2, -0.15) is 0 Å². The number of fused-ring (bicyclic) bond motifs is 1. The van der Waals surface area contributed by atoms with E-state index in [-0.39, 0.29) is 12.7 Å². The summed E-state index contributed by atoms with van der Waals surface area (Å²) in [4.78, 5) is 16.7. The van der Waals surface area contributed by atoms with E-state index in [9.17, 15) is 4.79 Å². The first kappa shape index (κ1) is 14.7. The molecule has 118 valence electrons. The van der Waals surface area contributed by atoms with E-state index in [1.165, 1.54) is 12.8 Å². The van der Waals surface area contributed by atoms with Gasteiger partial charge in [0.25, 0.3) is 11.9 Å². The molecule has 0 bridgehead atoms. The summed E-state index contributed by atoms with van der Waals surface area (Å²) in [5.41, 5.74) is 0.489. The predicted octanol–water partition coefficient (Wildman–Crippen LogP) is 2.34. The van der Waals surface area contributed by atoms with E-state index in [2.05, 4.69) is 10.3 Å². The molecular formula is C16H20N2O4. The summed E-state index contributed by atoms with van der Waals surface area (Å²) in [6.07, 6.45) is 3.28. The molecule has 2 aliphatic rings. The van der Waals surface area contributed by atoms with Crippen LogP contribution in [0.25, 0.3) is 0 Å². The first-order valence-electron chi connectivity index (χ1n) is 7.64. The minimum Gasteiger partial charge on any atom is -0.465 e. The van der Waals surface area contributed by atoms with Crippen LogP contribution in [-0.2, 0) is 4.74 Å². The third kappa shape index (κ3) is 3.69. The smallest absolute Gasteiger partial charge is 0.291 e. The van der Waals surface area contributed by atoms with Crippen LogP contribution in [0, 0.1) is 5.92 Å². The highest BCUT2D eigenvalue weighted by molar-refractivity contribution is 6.04. The Bertz CT molecular complexity index is 582. The van der Waals surface area contributed by atoms with Crippen molar-refractivity contribution in [3.63, 3.8) is 0 Å². The van der Waals surface area contributed by atoms with E-state index in [1.807, 2.05) is 6.92 Å². The number of hydrogen-bond donors (Lipinski definition) is 1. The Morgan fingerprint density at radius 2 is 2.18 bits per heavy atom. The number of amides is 1. The van der Waals surface area contributed by atoms with Crippen LogP contribution in [0.15, 0.2) is 23.2 Å². The molecule has 0 aromatic heterocycles. The van der Waals surface area contributed by atoms with Gasteiger partial charge in [0.05, 0.1) is 6.61 Å². The quantitative estimate of drug-likeness (QED) is 0.669. The Morgan fingerprint density at radius 1 is 1.36 bits per heavy atom. The van der Waals surface area contributed by atoms with Crippen molar-refractivity contribution in [3.8, 4) is 11.5 Å². The van der Waals surface area contributed by atoms with Crippen LogP contribution in [0.1, 0.15) is 36.5 Å². The predicted molar refractivity (Wildman–Crippen MR) is 81.3 cm³/mol. The molecule has 1 aliphatic heterocycles. The van der Waals surface area contributed by atoms with E-state index < -0.39 is 0 Å². The van der Waals surface area contributed by atoms with Crippen LogP contribution >= 0.6 is 0 Å². The number of nitrogens with zero attached hydrogens (tertiary/aromatic N) is 1. The lowest BCUT2D eigenvalue weighted by Gasteiger charge is -2.10. The zero-order valence-electron chi connectivity index (χ0n) is 12.6. The average molecular weight is 304 g/mol. The average Bonchev–Trinajstić information content (AvgIpc) is 3.24. The Balaban J connectivity index is 1.65. The summed E-state index contributed by atoms with van der Waals surface area (Å²) in [7, 11) is 0. The lowest BCUT2D eigenvalue weighted by Crippen LogP contribution is -2.33. The lowest BCUT2D eigenvalue weighted by molar-refractivity contribution is 0.0965. The van der Waals surface area contributed by atoms with Crippen LogP contribution in [0.2, 0.25) is 0 Å². The van der Waals surface area contributed by atoms with Crippen LogP contribution in [-0.4, -0.2) is 31.9 Å². The molecule has 0 saturated heterocycles. The van der Waals surface area contributed by atoms with Gasteiger partial charge in [0.1, 0.15) is 0 Å². The maximum atomic E-state index is 12.3. The number of carbonyl (C=O) groups is 1. The maximum Gasteiger partial charge on any atom is 0.291 e. The van der Waals surface area contributed by atoms with E-state index in [0.717, 1.165) is 6.42 Å². The Morgan fingerprint density at radius 3 is 2.95 bits per heavy atom. The number of amidine groups is 1. The van der Waals surface area contributed by atoms with Gasteiger partial charge >= 0.3 is 0 Å². The normalized spacial score (nSPS) is 16.5. The molecular weight excluding hydrogens is 284 g/mol. The highest BCUT2D eigenvalue weighted by Gasteiger charge is 2.22. The van der Waals surface area contributed by atoms with Gasteiger partial charge in [-0.1, -0.05) is 6.92 Å². The van der Waals surface area contributed by atoms with Crippen molar-refractivity contribution in [2.24, 2.45) is 10.9 Å². The number of ether oxygens (including phenoxy) is 3. The second-order valence-electron chi connectivity index (χ2n) is 5.46. The van der Waals surface area contributed by atoms with Crippen molar-refractivity contribution < 1.29 is 19.0 Å². The monoisotopic (exact) mass is 304 g/mol. The van der Waals surface area contributed by atoms with Crippen molar-refractivity contribution in [1.29, 1.82) is 0 Å². The molecule has 6 nitrogen and oxygen atoms in total. The summed E-state index contributed by atoms with van der Waals surface area (Å²) in [5, 5.41) is 2.73. The van der Waals surface area contributed by atoms with Crippen LogP contribution in [0.5, 0.6) is 11.5 Å². The molecule has 6 heteroatoms. The molecule has 3 rings (SSSR count). The van der Waals surface area contributed by atoms with Gasteiger partial charge in [0, 0.05) is 12.1 Å². The topological polar surface area (TPSA) is 69.2 Å². The van der Waals surface area contributed by atoms with E-state index in [0.29, 0.717) is 42.2 Å². The van der Waals surface area contributed by atoms with E-state index in [4.69, 9.17) is 14.2 Å². The first-order chi connectivity index (χ1) is 10.8. The molecule has 22 heavy (non-hydrogen) atoms. The molecule has 1 aromatic rings. The second kappa shape index (κ2) is 6.68. The molecule has 0 spiro atoms. The molecule has 1 aromatic carbocycles. The van der Waals surface area contributed by atoms with Gasteiger partial charge in [-0.25, -0.2) is 4.99 Å². The fourth-order valence-corrected chi connectivity index (χ4v) is 2.04. The molecule has 1 saturated carbocycles. The second-order valence-corrected chi connectivity index (χ2v) is 5.46. The number of aliphatic imine (C=N–C) groups is 1. The fraction of sp³-hybridized carbons (Fsp3) is 0.500. The zero-order chi connectivity index (χ0) is 15.4. The summed E-state index contributed by atoms with van der Waals surface area (Å²) < 4.78 is 16.0. The van der Waals surface area contributed by atoms with Gasteiger partial charge in [-0.05, 0) is 43.4 Å². The minimum atomic E-state index is -0.260. The number of carbonyl (C=O) groups excluding carboxylic acids is 1. The molecule has 0 unspecified atom stereocenters. The molecule has 1 N–H and O–H groups in total. The summed E-state index contributed by atoms with van der Waals surface area (Å²) in [5.74, 6) is 1.62. The van der Waals surface area contributed by atoms with Crippen molar-refractivity contribution >= 4 is 11.9 Å². The van der Waals surface area contributed by atoms with Crippen molar-refractivity contribution in [1.82, 2.24) is 5.32 Å². The van der Waals surface area contributed by atoms with Crippen LogP contribution in [0.4, 0.5) is 0 Å².